The Bertz CT molecular complexity index is 799. The van der Waals surface area contributed by atoms with Gasteiger partial charge in [-0.3, -0.25) is 0 Å². The molecule has 0 unspecified atom stereocenters. The Morgan fingerprint density at radius 2 is 1.55 bits per heavy atom. The molecule has 0 aliphatic rings. The van der Waals surface area contributed by atoms with E-state index < -0.39 is 0 Å². The predicted molar refractivity (Wildman–Crippen MR) is 99.9 cm³/mol. The fraction of sp³-hybridized carbons (Fsp3) is 0.235. The molecule has 2 nitrogen and oxygen atoms in total. The van der Waals surface area contributed by atoms with Gasteiger partial charge in [0.1, 0.15) is 0 Å². The van der Waals surface area contributed by atoms with Gasteiger partial charge in [0.15, 0.2) is 0 Å². The van der Waals surface area contributed by atoms with Crippen molar-refractivity contribution in [3.8, 4) is 11.4 Å². The Hall–Kier alpha value is -0.532. The van der Waals surface area contributed by atoms with E-state index >= 15 is 0 Å². The van der Waals surface area contributed by atoms with Crippen molar-refractivity contribution in [1.29, 1.82) is 0 Å². The van der Waals surface area contributed by atoms with Crippen LogP contribution in [0, 0.1) is 0 Å². The molecule has 2 aromatic carbocycles. The van der Waals surface area contributed by atoms with Crippen molar-refractivity contribution in [3.63, 3.8) is 0 Å². The van der Waals surface area contributed by atoms with Gasteiger partial charge in [-0.2, -0.15) is 0 Å². The second-order valence-corrected chi connectivity index (χ2v) is 10.3. The molecule has 0 spiro atoms. The zero-order valence-electron chi connectivity index (χ0n) is 13.1. The van der Waals surface area contributed by atoms with E-state index in [0.29, 0.717) is 44.9 Å². The molecule has 0 aliphatic heterocycles. The molecule has 3 aromatic rings. The molecule has 0 atom stereocenters. The van der Waals surface area contributed by atoms with E-state index in [1.54, 1.807) is 0 Å². The summed E-state index contributed by atoms with van der Waals surface area (Å²) in [5.41, 5.74) is 3.70. The minimum atomic E-state index is 0.481. The quantitative estimate of drug-likeness (QED) is 0.509. The number of hydrogen-bond acceptors (Lipinski definition) is 1. The third-order valence-electron chi connectivity index (χ3n) is 3.73. The monoisotopic (exact) mass is 490 g/mol. The van der Waals surface area contributed by atoms with Crippen LogP contribution in [0.2, 0.25) is 17.5 Å². The summed E-state index contributed by atoms with van der Waals surface area (Å²) in [6.07, 6.45) is 0. The molecule has 1 heterocycles. The fourth-order valence-corrected chi connectivity index (χ4v) is 7.40. The normalized spacial score (nSPS) is 11.3. The van der Waals surface area contributed by atoms with E-state index in [1.165, 1.54) is 24.5 Å². The van der Waals surface area contributed by atoms with E-state index in [-0.39, 0.29) is 0 Å². The third kappa shape index (κ3) is 2.83. The average molecular weight is 487 g/mol. The second-order valence-electron chi connectivity index (χ2n) is 4.89. The average Bonchev–Trinajstić information content (AvgIpc) is 2.90. The van der Waals surface area contributed by atoms with Crippen LogP contribution >= 0.6 is 0 Å². The summed E-state index contributed by atoms with van der Waals surface area (Å²) in [6, 6.07) is 13.3. The molecular weight excluding hydrogens is 469 g/mol. The molecule has 0 amide bonds. The summed E-state index contributed by atoms with van der Waals surface area (Å²) in [6.45, 7) is 0. The van der Waals surface area contributed by atoms with Crippen LogP contribution in [0.3, 0.4) is 0 Å². The SMILES string of the molecule is C[Se]c1cc([Se]C)c(-c2nc3ccccc3n2C)c([Se]C)c1. The van der Waals surface area contributed by atoms with Gasteiger partial charge in [-0.1, -0.05) is 0 Å². The molecule has 5 heteroatoms. The molecule has 3 rings (SSSR count). The van der Waals surface area contributed by atoms with Crippen molar-refractivity contribution in [2.24, 2.45) is 7.05 Å². The van der Waals surface area contributed by atoms with Crippen LogP contribution in [0.25, 0.3) is 22.4 Å². The molecule has 0 saturated carbocycles. The molecular formula is C17H18N2Se3. The van der Waals surface area contributed by atoms with Crippen molar-refractivity contribution >= 4 is 69.3 Å². The zero-order valence-corrected chi connectivity index (χ0v) is 18.2. The summed E-state index contributed by atoms with van der Waals surface area (Å²) in [7, 11) is 2.14. The number of aryl methyl sites for hydroxylation is 1. The van der Waals surface area contributed by atoms with Gasteiger partial charge in [0, 0.05) is 0 Å². The van der Waals surface area contributed by atoms with Crippen LogP contribution in [0.15, 0.2) is 36.4 Å². The summed E-state index contributed by atoms with van der Waals surface area (Å²) < 4.78 is 6.79. The maximum absolute atomic E-state index is 4.94. The molecule has 22 heavy (non-hydrogen) atoms. The first-order valence-electron chi connectivity index (χ1n) is 6.91. The van der Waals surface area contributed by atoms with Gasteiger partial charge in [0.25, 0.3) is 0 Å². The second kappa shape index (κ2) is 6.93. The first kappa shape index (κ1) is 16.3. The van der Waals surface area contributed by atoms with Crippen LogP contribution < -0.4 is 13.4 Å². The van der Waals surface area contributed by atoms with Gasteiger partial charge in [-0.05, 0) is 0 Å². The van der Waals surface area contributed by atoms with Gasteiger partial charge in [0.2, 0.25) is 0 Å². The van der Waals surface area contributed by atoms with Gasteiger partial charge < -0.3 is 0 Å². The van der Waals surface area contributed by atoms with Crippen LogP contribution in [0.5, 0.6) is 0 Å². The molecule has 0 fully saturated rings. The Kier molecular flexibility index (Phi) is 5.14. The van der Waals surface area contributed by atoms with E-state index in [0.717, 1.165) is 11.3 Å². The first-order chi connectivity index (χ1) is 10.7. The van der Waals surface area contributed by atoms with Crippen molar-refractivity contribution < 1.29 is 0 Å². The number of rotatable bonds is 4. The van der Waals surface area contributed by atoms with E-state index in [4.69, 9.17) is 4.98 Å². The zero-order chi connectivity index (χ0) is 15.7. The van der Waals surface area contributed by atoms with Crippen molar-refractivity contribution in [1.82, 2.24) is 9.55 Å². The number of fused-ring (bicyclic) bond motifs is 1. The fourth-order valence-electron chi connectivity index (χ4n) is 2.60. The van der Waals surface area contributed by atoms with Crippen LogP contribution in [0.1, 0.15) is 0 Å². The molecule has 0 radical (unpaired) electrons. The Morgan fingerprint density at radius 1 is 0.909 bits per heavy atom. The number of aromatic nitrogens is 2. The van der Waals surface area contributed by atoms with E-state index in [2.05, 4.69) is 65.5 Å². The number of benzene rings is 2. The Morgan fingerprint density at radius 3 is 2.09 bits per heavy atom. The van der Waals surface area contributed by atoms with Gasteiger partial charge >= 0.3 is 151 Å². The third-order valence-corrected chi connectivity index (χ3v) is 8.41. The van der Waals surface area contributed by atoms with Gasteiger partial charge in [-0.25, -0.2) is 0 Å². The summed E-state index contributed by atoms with van der Waals surface area (Å²) in [5, 5.41) is 0. The van der Waals surface area contributed by atoms with Gasteiger partial charge in [-0.15, -0.1) is 0 Å². The standard InChI is InChI=1S/C17H18N2Se3/c1-19-13-8-6-5-7-12(13)18-17(19)16-14(21-3)9-11(20-2)10-15(16)22-4/h5-10H,1-4H3. The topological polar surface area (TPSA) is 17.8 Å². The molecule has 1 aromatic heterocycles. The number of hydrogen-bond donors (Lipinski definition) is 0. The summed E-state index contributed by atoms with van der Waals surface area (Å²) in [5.74, 6) is 8.06. The molecule has 0 aliphatic carbocycles. The summed E-state index contributed by atoms with van der Waals surface area (Å²) >= 11 is 1.52. The van der Waals surface area contributed by atoms with Crippen LogP contribution in [-0.4, -0.2) is 54.4 Å². The van der Waals surface area contributed by atoms with Crippen molar-refractivity contribution in [2.75, 3.05) is 0 Å². The Labute approximate surface area is 150 Å². The molecule has 0 bridgehead atoms. The maximum atomic E-state index is 4.94. The Balaban J connectivity index is 2.31. The molecule has 0 N–H and O–H groups in total. The minimum absolute atomic E-state index is 0.481. The summed E-state index contributed by atoms with van der Waals surface area (Å²) in [4.78, 5) is 4.94. The molecule has 0 saturated heterocycles. The number of nitrogens with zero attached hydrogens (tertiary/aromatic N) is 2. The van der Waals surface area contributed by atoms with Gasteiger partial charge in [0.05, 0.1) is 0 Å². The van der Waals surface area contributed by atoms with E-state index in [1.807, 2.05) is 0 Å². The number of imidazole rings is 1. The van der Waals surface area contributed by atoms with Crippen LogP contribution in [0.4, 0.5) is 0 Å². The number of para-hydroxylation sites is 2. The first-order valence-corrected chi connectivity index (χ1v) is 14.6. The predicted octanol–water partition coefficient (Wildman–Crippen LogP) is 1.37. The van der Waals surface area contributed by atoms with Crippen LogP contribution in [-0.2, 0) is 7.05 Å². The molecule has 114 valence electrons. The van der Waals surface area contributed by atoms with E-state index in [9.17, 15) is 0 Å². The van der Waals surface area contributed by atoms with Crippen molar-refractivity contribution in [3.05, 3.63) is 36.4 Å². The van der Waals surface area contributed by atoms with Crippen molar-refractivity contribution in [2.45, 2.75) is 17.5 Å².